The Balaban J connectivity index is 1.46. The number of rotatable bonds is 6. The van der Waals surface area contributed by atoms with Crippen LogP contribution in [0.2, 0.25) is 0 Å². The molecule has 4 aromatic rings. The fourth-order valence-electron chi connectivity index (χ4n) is 3.45. The molecule has 27 heavy (non-hydrogen) atoms. The van der Waals surface area contributed by atoms with Crippen LogP contribution in [-0.2, 0) is 19.6 Å². The van der Waals surface area contributed by atoms with Gasteiger partial charge in [0.25, 0.3) is 0 Å². The molecule has 0 aliphatic carbocycles. The molecule has 4 rings (SSSR count). The summed E-state index contributed by atoms with van der Waals surface area (Å²) in [5.74, 6) is 0. The Labute approximate surface area is 158 Å². The summed E-state index contributed by atoms with van der Waals surface area (Å²) in [4.78, 5) is 2.82. The van der Waals surface area contributed by atoms with Crippen LogP contribution in [-0.4, -0.2) is 0 Å². The molecule has 1 N–H and O–H groups in total. The lowest BCUT2D eigenvalue weighted by molar-refractivity contribution is 0.697. The van der Waals surface area contributed by atoms with Crippen molar-refractivity contribution in [3.05, 3.63) is 106 Å². The maximum atomic E-state index is 8.45. The molecule has 0 saturated heterocycles. The van der Waals surface area contributed by atoms with Crippen LogP contribution in [0.3, 0.4) is 0 Å². The first kappa shape index (κ1) is 17.1. The highest BCUT2D eigenvalue weighted by Crippen LogP contribution is 2.20. The molecule has 0 saturated carbocycles. The van der Waals surface area contributed by atoms with Gasteiger partial charge in [0.1, 0.15) is 0 Å². The van der Waals surface area contributed by atoms with Crippen molar-refractivity contribution >= 4 is 21.5 Å². The molecular weight excluding hydrogens is 332 g/mol. The minimum Gasteiger partial charge on any atom is -0.309 e. The molecule has 0 aliphatic heterocycles. The lowest BCUT2D eigenvalue weighted by Gasteiger charge is -2.09. The third kappa shape index (κ3) is 3.93. The van der Waals surface area contributed by atoms with E-state index in [1.165, 1.54) is 32.7 Å². The SMILES string of the molecule is [N-]=[N+]=NCc1ccc2cc(CNCc3cccc4ccccc34)ccc2c1. The topological polar surface area (TPSA) is 60.8 Å². The molecule has 0 aromatic heterocycles. The van der Waals surface area contributed by atoms with Crippen molar-refractivity contribution in [1.29, 1.82) is 0 Å². The van der Waals surface area contributed by atoms with Gasteiger partial charge in [-0.1, -0.05) is 77.9 Å². The van der Waals surface area contributed by atoms with Crippen molar-refractivity contribution in [3.8, 4) is 0 Å². The van der Waals surface area contributed by atoms with Crippen LogP contribution in [0.25, 0.3) is 32.0 Å². The summed E-state index contributed by atoms with van der Waals surface area (Å²) in [6, 6.07) is 27.6. The zero-order valence-electron chi connectivity index (χ0n) is 15.0. The minimum absolute atomic E-state index is 0.390. The first-order valence-corrected chi connectivity index (χ1v) is 9.03. The van der Waals surface area contributed by atoms with Crippen LogP contribution >= 0.6 is 0 Å². The second-order valence-electron chi connectivity index (χ2n) is 6.65. The second-order valence-corrected chi connectivity index (χ2v) is 6.65. The molecule has 132 valence electrons. The van der Waals surface area contributed by atoms with E-state index in [-0.39, 0.29) is 0 Å². The zero-order chi connectivity index (χ0) is 18.5. The predicted octanol–water partition coefficient (Wildman–Crippen LogP) is 6.09. The number of hydrogen-bond donors (Lipinski definition) is 1. The Morgan fingerprint density at radius 1 is 0.741 bits per heavy atom. The number of azide groups is 1. The largest absolute Gasteiger partial charge is 0.309 e. The quantitative estimate of drug-likeness (QED) is 0.255. The van der Waals surface area contributed by atoms with Crippen molar-refractivity contribution in [2.45, 2.75) is 19.6 Å². The Morgan fingerprint density at radius 3 is 2.33 bits per heavy atom. The molecule has 0 heterocycles. The summed E-state index contributed by atoms with van der Waals surface area (Å²) in [7, 11) is 0. The van der Waals surface area contributed by atoms with Crippen LogP contribution < -0.4 is 5.32 Å². The lowest BCUT2D eigenvalue weighted by Crippen LogP contribution is -2.12. The van der Waals surface area contributed by atoms with Crippen molar-refractivity contribution in [2.24, 2.45) is 5.11 Å². The van der Waals surface area contributed by atoms with Gasteiger partial charge in [0, 0.05) is 18.0 Å². The number of hydrogen-bond acceptors (Lipinski definition) is 2. The fraction of sp³-hybridized carbons (Fsp3) is 0.130. The standard InChI is InChI=1S/C23H20N4/c24-27-26-15-18-9-11-20-12-17(8-10-21(20)13-18)14-25-16-22-6-3-5-19-4-1-2-7-23(19)22/h1-13,25H,14-16H2. The third-order valence-electron chi connectivity index (χ3n) is 4.81. The molecular formula is C23H20N4. The molecule has 0 radical (unpaired) electrons. The molecule has 0 amide bonds. The van der Waals surface area contributed by atoms with Crippen LogP contribution in [0.15, 0.2) is 84.0 Å². The van der Waals surface area contributed by atoms with Crippen molar-refractivity contribution in [1.82, 2.24) is 5.32 Å². The van der Waals surface area contributed by atoms with E-state index in [1.807, 2.05) is 6.07 Å². The summed E-state index contributed by atoms with van der Waals surface area (Å²) in [5, 5.41) is 12.1. The van der Waals surface area contributed by atoms with Crippen molar-refractivity contribution in [3.63, 3.8) is 0 Å². The van der Waals surface area contributed by atoms with Gasteiger partial charge >= 0.3 is 0 Å². The number of fused-ring (bicyclic) bond motifs is 2. The predicted molar refractivity (Wildman–Crippen MR) is 111 cm³/mol. The average Bonchev–Trinajstić information content (AvgIpc) is 2.72. The van der Waals surface area contributed by atoms with E-state index in [2.05, 4.69) is 88.1 Å². The molecule has 0 spiro atoms. The smallest absolute Gasteiger partial charge is 0.0511 e. The van der Waals surface area contributed by atoms with Crippen LogP contribution in [0, 0.1) is 0 Å². The minimum atomic E-state index is 0.390. The highest BCUT2D eigenvalue weighted by molar-refractivity contribution is 5.85. The van der Waals surface area contributed by atoms with E-state index in [1.54, 1.807) is 0 Å². The molecule has 0 atom stereocenters. The molecule has 4 heteroatoms. The molecule has 0 aliphatic rings. The van der Waals surface area contributed by atoms with Gasteiger partial charge in [-0.3, -0.25) is 0 Å². The van der Waals surface area contributed by atoms with E-state index >= 15 is 0 Å². The summed E-state index contributed by atoms with van der Waals surface area (Å²) >= 11 is 0. The summed E-state index contributed by atoms with van der Waals surface area (Å²) < 4.78 is 0. The van der Waals surface area contributed by atoms with Gasteiger partial charge in [0.15, 0.2) is 0 Å². The number of nitrogens with zero attached hydrogens (tertiary/aromatic N) is 3. The van der Waals surface area contributed by atoms with Crippen molar-refractivity contribution in [2.75, 3.05) is 0 Å². The first-order chi connectivity index (χ1) is 13.3. The first-order valence-electron chi connectivity index (χ1n) is 9.03. The van der Waals surface area contributed by atoms with Crippen LogP contribution in [0.5, 0.6) is 0 Å². The van der Waals surface area contributed by atoms with Gasteiger partial charge < -0.3 is 5.32 Å². The number of nitrogens with one attached hydrogen (secondary N) is 1. The maximum absolute atomic E-state index is 8.45. The summed E-state index contributed by atoms with van der Waals surface area (Å²) in [6.45, 7) is 2.05. The van der Waals surface area contributed by atoms with Gasteiger partial charge in [0.2, 0.25) is 0 Å². The fourth-order valence-corrected chi connectivity index (χ4v) is 3.45. The second kappa shape index (κ2) is 7.92. The van der Waals surface area contributed by atoms with Crippen molar-refractivity contribution < 1.29 is 0 Å². The Morgan fingerprint density at radius 2 is 1.48 bits per heavy atom. The highest BCUT2D eigenvalue weighted by Gasteiger charge is 2.02. The van der Waals surface area contributed by atoms with Gasteiger partial charge in [-0.15, -0.1) is 0 Å². The van der Waals surface area contributed by atoms with Gasteiger partial charge in [0.05, 0.1) is 6.54 Å². The molecule has 0 bridgehead atoms. The molecule has 4 aromatic carbocycles. The maximum Gasteiger partial charge on any atom is 0.0511 e. The van der Waals surface area contributed by atoms with Crippen LogP contribution in [0.4, 0.5) is 0 Å². The average molecular weight is 352 g/mol. The van der Waals surface area contributed by atoms with E-state index in [4.69, 9.17) is 5.53 Å². The van der Waals surface area contributed by atoms with Gasteiger partial charge in [-0.2, -0.15) is 0 Å². The number of benzene rings is 4. The third-order valence-corrected chi connectivity index (χ3v) is 4.81. The van der Waals surface area contributed by atoms with E-state index in [0.717, 1.165) is 18.7 Å². The monoisotopic (exact) mass is 352 g/mol. The van der Waals surface area contributed by atoms with Gasteiger partial charge in [-0.05, 0) is 49.8 Å². The van der Waals surface area contributed by atoms with E-state index < -0.39 is 0 Å². The van der Waals surface area contributed by atoms with E-state index in [9.17, 15) is 0 Å². The highest BCUT2D eigenvalue weighted by atomic mass is 15.1. The Kier molecular flexibility index (Phi) is 5.01. The summed E-state index contributed by atoms with van der Waals surface area (Å²) in [5.41, 5.74) is 12.1. The Bertz CT molecular complexity index is 1140. The van der Waals surface area contributed by atoms with E-state index in [0.29, 0.717) is 6.54 Å². The van der Waals surface area contributed by atoms with Crippen LogP contribution in [0.1, 0.15) is 16.7 Å². The summed E-state index contributed by atoms with van der Waals surface area (Å²) in [6.07, 6.45) is 0. The molecule has 0 fully saturated rings. The zero-order valence-corrected chi connectivity index (χ0v) is 15.0. The molecule has 0 unspecified atom stereocenters. The Hall–Kier alpha value is -3.33. The molecule has 4 nitrogen and oxygen atoms in total. The normalized spacial score (nSPS) is 10.8. The van der Waals surface area contributed by atoms with Gasteiger partial charge in [-0.25, -0.2) is 0 Å². The lowest BCUT2D eigenvalue weighted by atomic mass is 10.0.